The van der Waals surface area contributed by atoms with Gasteiger partial charge in [0, 0.05) is 29.6 Å². The lowest BCUT2D eigenvalue weighted by molar-refractivity contribution is 0.1000. The maximum Gasteiger partial charge on any atom is 0.248 e. The van der Waals surface area contributed by atoms with Gasteiger partial charge in [0.2, 0.25) is 17.7 Å². The van der Waals surface area contributed by atoms with Crippen molar-refractivity contribution in [2.75, 3.05) is 39.2 Å². The van der Waals surface area contributed by atoms with Crippen LogP contribution in [0.15, 0.2) is 64.5 Å². The average Bonchev–Trinajstić information content (AvgIpc) is 3.35. The number of carbonyl (C=O) groups is 1. The van der Waals surface area contributed by atoms with Crippen molar-refractivity contribution in [2.45, 2.75) is 28.9 Å². The number of anilines is 1. The molecule has 2 N–H and O–H groups in total. The van der Waals surface area contributed by atoms with Gasteiger partial charge in [0.25, 0.3) is 0 Å². The summed E-state index contributed by atoms with van der Waals surface area (Å²) in [5.41, 5.74) is 6.81. The Balaban J connectivity index is 1.57. The van der Waals surface area contributed by atoms with Crippen molar-refractivity contribution in [1.82, 2.24) is 14.9 Å². The maximum atomic E-state index is 11.4. The van der Waals surface area contributed by atoms with Gasteiger partial charge >= 0.3 is 0 Å². The van der Waals surface area contributed by atoms with E-state index in [4.69, 9.17) is 20.2 Å². The summed E-state index contributed by atoms with van der Waals surface area (Å²) in [6.45, 7) is 2.13. The Morgan fingerprint density at radius 3 is 2.71 bits per heavy atom. The Morgan fingerprint density at radius 2 is 2.03 bits per heavy atom. The van der Waals surface area contributed by atoms with E-state index in [-0.39, 0.29) is 0 Å². The van der Waals surface area contributed by atoms with Crippen LogP contribution in [-0.2, 0) is 6.61 Å². The molecule has 3 aromatic rings. The highest BCUT2D eigenvalue weighted by atomic mass is 32.2. The van der Waals surface area contributed by atoms with E-state index in [1.165, 1.54) is 11.8 Å². The number of nitrogens with two attached hydrogens (primary N) is 1. The second-order valence-electron chi connectivity index (χ2n) is 8.32. The molecule has 0 saturated carbocycles. The van der Waals surface area contributed by atoms with Crippen molar-refractivity contribution in [3.8, 4) is 11.6 Å². The van der Waals surface area contributed by atoms with E-state index in [1.807, 2.05) is 36.4 Å². The van der Waals surface area contributed by atoms with Crippen LogP contribution in [0.25, 0.3) is 0 Å². The third-order valence-corrected chi connectivity index (χ3v) is 6.77. The number of amides is 1. The number of methoxy groups -OCH3 is 1. The summed E-state index contributed by atoms with van der Waals surface area (Å²) < 4.78 is 11.5. The van der Waals surface area contributed by atoms with Crippen LogP contribution in [0.2, 0.25) is 0 Å². The Hall–Kier alpha value is -3.30. The second-order valence-corrected chi connectivity index (χ2v) is 9.44. The number of aromatic nitrogens is 2. The zero-order chi connectivity index (χ0) is 24.1. The fraction of sp³-hybridized carbons (Fsp3) is 0.320. The summed E-state index contributed by atoms with van der Waals surface area (Å²) in [6.07, 6.45) is 2.87. The largest absolute Gasteiger partial charge is 0.497 e. The maximum absolute atomic E-state index is 11.4. The van der Waals surface area contributed by atoms with Crippen LogP contribution in [0.3, 0.4) is 0 Å². The quantitative estimate of drug-likeness (QED) is 0.499. The van der Waals surface area contributed by atoms with E-state index in [2.05, 4.69) is 28.9 Å². The zero-order valence-electron chi connectivity index (χ0n) is 19.6. The molecule has 0 radical (unpaired) electrons. The highest BCUT2D eigenvalue weighted by molar-refractivity contribution is 7.99. The lowest BCUT2D eigenvalue weighted by Crippen LogP contribution is -2.32. The van der Waals surface area contributed by atoms with Gasteiger partial charge in [0.15, 0.2) is 0 Å². The van der Waals surface area contributed by atoms with Crippen molar-refractivity contribution in [3.05, 3.63) is 65.9 Å². The molecule has 2 aromatic carbocycles. The molecule has 4 rings (SSSR count). The first-order valence-corrected chi connectivity index (χ1v) is 11.9. The highest BCUT2D eigenvalue weighted by Crippen LogP contribution is 2.35. The van der Waals surface area contributed by atoms with Crippen molar-refractivity contribution >= 4 is 23.6 Å². The fourth-order valence-electron chi connectivity index (χ4n) is 3.75. The number of likely N-dealkylation sites (N-methyl/N-ethyl adjacent to an activating group) is 1. The van der Waals surface area contributed by atoms with E-state index in [0.29, 0.717) is 30.0 Å². The normalized spacial score (nSPS) is 15.5. The number of hydrogen-bond acceptors (Lipinski definition) is 8. The topological polar surface area (TPSA) is 93.8 Å². The second kappa shape index (κ2) is 10.8. The van der Waals surface area contributed by atoms with Crippen LogP contribution < -0.4 is 20.1 Å². The van der Waals surface area contributed by atoms with Crippen LogP contribution in [0, 0.1) is 0 Å². The lowest BCUT2D eigenvalue weighted by atomic mass is 10.2. The smallest absolute Gasteiger partial charge is 0.248 e. The molecule has 34 heavy (non-hydrogen) atoms. The number of rotatable bonds is 9. The van der Waals surface area contributed by atoms with Crippen molar-refractivity contribution < 1.29 is 14.3 Å². The van der Waals surface area contributed by atoms with E-state index in [1.54, 1.807) is 25.4 Å². The van der Waals surface area contributed by atoms with E-state index >= 15 is 0 Å². The number of primary amides is 1. The van der Waals surface area contributed by atoms with Gasteiger partial charge in [-0.15, -0.1) is 0 Å². The predicted octanol–water partition coefficient (Wildman–Crippen LogP) is 3.45. The summed E-state index contributed by atoms with van der Waals surface area (Å²) in [7, 11) is 5.84. The van der Waals surface area contributed by atoms with Gasteiger partial charge in [-0.05, 0) is 62.5 Å². The standard InChI is InChI=1S/C25H29N5O3S/c1-29(2)19-11-12-30(15-19)25-27-14-22(34-21-9-7-18(8-10-21)23(26)31)24(28-25)33-16-17-5-4-6-20(13-17)32-3/h4-10,13-14,19H,11-12,15-16H2,1-3H3,(H2,26,31)/t19-/m0/s1. The first-order chi connectivity index (χ1) is 16.4. The number of benzene rings is 2. The van der Waals surface area contributed by atoms with Gasteiger partial charge < -0.3 is 25.0 Å². The molecule has 178 valence electrons. The molecule has 8 nitrogen and oxygen atoms in total. The minimum atomic E-state index is -0.451. The van der Waals surface area contributed by atoms with E-state index < -0.39 is 5.91 Å². The van der Waals surface area contributed by atoms with E-state index in [0.717, 1.165) is 40.6 Å². The van der Waals surface area contributed by atoms with Gasteiger partial charge in [-0.25, -0.2) is 4.98 Å². The number of hydrogen-bond donors (Lipinski definition) is 1. The number of carbonyl (C=O) groups excluding carboxylic acids is 1. The molecule has 1 aliphatic heterocycles. The van der Waals surface area contributed by atoms with Gasteiger partial charge in [0.1, 0.15) is 12.4 Å². The van der Waals surface area contributed by atoms with Crippen LogP contribution in [0.4, 0.5) is 5.95 Å². The predicted molar refractivity (Wildman–Crippen MR) is 133 cm³/mol. The van der Waals surface area contributed by atoms with E-state index in [9.17, 15) is 4.79 Å². The van der Waals surface area contributed by atoms with Crippen LogP contribution >= 0.6 is 11.8 Å². The third kappa shape index (κ3) is 5.78. The number of ether oxygens (including phenoxy) is 2. The Morgan fingerprint density at radius 1 is 1.24 bits per heavy atom. The Labute approximate surface area is 204 Å². The molecule has 1 atom stereocenters. The zero-order valence-corrected chi connectivity index (χ0v) is 20.4. The molecule has 1 aromatic heterocycles. The summed E-state index contributed by atoms with van der Waals surface area (Å²) in [6, 6.07) is 15.4. The third-order valence-electron chi connectivity index (χ3n) is 5.76. The molecule has 1 saturated heterocycles. The highest BCUT2D eigenvalue weighted by Gasteiger charge is 2.26. The molecule has 0 spiro atoms. The molecule has 0 aliphatic carbocycles. The molecule has 9 heteroatoms. The van der Waals surface area contributed by atoms with Crippen molar-refractivity contribution in [3.63, 3.8) is 0 Å². The first kappa shape index (κ1) is 23.8. The molecular weight excluding hydrogens is 450 g/mol. The Bertz CT molecular complexity index is 1140. The molecule has 1 amide bonds. The lowest BCUT2D eigenvalue weighted by Gasteiger charge is -2.21. The average molecular weight is 480 g/mol. The van der Waals surface area contributed by atoms with Gasteiger partial charge in [-0.1, -0.05) is 23.9 Å². The van der Waals surface area contributed by atoms with Gasteiger partial charge in [-0.3, -0.25) is 4.79 Å². The summed E-state index contributed by atoms with van der Waals surface area (Å²) >= 11 is 1.48. The van der Waals surface area contributed by atoms with Crippen molar-refractivity contribution in [1.29, 1.82) is 0 Å². The molecule has 1 aliphatic rings. The minimum Gasteiger partial charge on any atom is -0.497 e. The SMILES string of the molecule is COc1cccc(COc2nc(N3CC[C@H](N(C)C)C3)ncc2Sc2ccc(C(N)=O)cc2)c1. The van der Waals surface area contributed by atoms with Crippen LogP contribution in [0.5, 0.6) is 11.6 Å². The molecule has 0 bridgehead atoms. The van der Waals surface area contributed by atoms with Gasteiger partial charge in [-0.2, -0.15) is 4.98 Å². The Kier molecular flexibility index (Phi) is 7.54. The first-order valence-electron chi connectivity index (χ1n) is 11.0. The van der Waals surface area contributed by atoms with Crippen LogP contribution in [-0.4, -0.2) is 61.1 Å². The fourth-order valence-corrected chi connectivity index (χ4v) is 4.57. The molecule has 2 heterocycles. The summed E-state index contributed by atoms with van der Waals surface area (Å²) in [4.78, 5) is 27.0. The van der Waals surface area contributed by atoms with Crippen LogP contribution in [0.1, 0.15) is 22.3 Å². The number of nitrogens with zero attached hydrogens (tertiary/aromatic N) is 4. The summed E-state index contributed by atoms with van der Waals surface area (Å²) in [5, 5.41) is 0. The van der Waals surface area contributed by atoms with Gasteiger partial charge in [0.05, 0.1) is 18.2 Å². The molecule has 0 unspecified atom stereocenters. The monoisotopic (exact) mass is 479 g/mol. The minimum absolute atomic E-state index is 0.349. The molecule has 1 fully saturated rings. The molecular formula is C25H29N5O3S. The van der Waals surface area contributed by atoms with Crippen molar-refractivity contribution in [2.24, 2.45) is 5.73 Å². The summed E-state index contributed by atoms with van der Waals surface area (Å²) in [5.74, 6) is 1.51.